The average Bonchev–Trinajstić information content (AvgIpc) is 2.64. The Kier molecular flexibility index (Phi) is 6.44. The summed E-state index contributed by atoms with van der Waals surface area (Å²) in [6.45, 7) is 5.01. The van der Waals surface area contributed by atoms with Crippen LogP contribution in [-0.4, -0.2) is 58.9 Å². The molecule has 3 rings (SSSR count). The first-order valence-electron chi connectivity index (χ1n) is 10.3. The van der Waals surface area contributed by atoms with Gasteiger partial charge in [0.05, 0.1) is 28.3 Å². The Morgan fingerprint density at radius 2 is 1.88 bits per heavy atom. The molecule has 0 atom stereocenters. The highest BCUT2D eigenvalue weighted by Gasteiger charge is 2.45. The number of benzene rings is 1. The molecular weight excluding hydrogens is 470 g/mol. The Labute approximate surface area is 196 Å². The van der Waals surface area contributed by atoms with E-state index in [1.54, 1.807) is 13.0 Å². The summed E-state index contributed by atoms with van der Waals surface area (Å²) in [5.41, 5.74) is -2.26. The molecule has 0 unspecified atom stereocenters. The molecule has 1 saturated heterocycles. The van der Waals surface area contributed by atoms with Crippen molar-refractivity contribution in [3.8, 4) is 5.75 Å². The van der Waals surface area contributed by atoms with Gasteiger partial charge in [0.25, 0.3) is 5.91 Å². The van der Waals surface area contributed by atoms with Crippen molar-refractivity contribution < 1.29 is 31.8 Å². The van der Waals surface area contributed by atoms with E-state index in [1.807, 2.05) is 0 Å². The van der Waals surface area contributed by atoms with E-state index in [4.69, 9.17) is 5.41 Å². The average molecular weight is 497 g/mol. The minimum Gasteiger partial charge on any atom is -0.433 e. The van der Waals surface area contributed by atoms with Crippen LogP contribution in [0.4, 0.5) is 20.3 Å². The highest BCUT2D eigenvalue weighted by Crippen LogP contribution is 2.29. The predicted octanol–water partition coefficient (Wildman–Crippen LogP) is 2.87. The Morgan fingerprint density at radius 1 is 1.24 bits per heavy atom. The van der Waals surface area contributed by atoms with Gasteiger partial charge in [-0.3, -0.25) is 4.79 Å². The molecule has 9 nitrogen and oxygen atoms in total. The van der Waals surface area contributed by atoms with Crippen LogP contribution in [0.1, 0.15) is 43.6 Å². The van der Waals surface area contributed by atoms with Gasteiger partial charge in [0.15, 0.2) is 9.84 Å². The summed E-state index contributed by atoms with van der Waals surface area (Å²) in [4.78, 5) is 17.0. The predicted molar refractivity (Wildman–Crippen MR) is 123 cm³/mol. The summed E-state index contributed by atoms with van der Waals surface area (Å²) in [6, 6.07) is 7.07. The number of hydrogen-bond donors (Lipinski definition) is 4. The van der Waals surface area contributed by atoms with E-state index in [1.165, 1.54) is 44.3 Å². The third-order valence-corrected chi connectivity index (χ3v) is 7.07. The number of anilines is 2. The van der Waals surface area contributed by atoms with Gasteiger partial charge < -0.3 is 25.9 Å². The summed E-state index contributed by atoms with van der Waals surface area (Å²) in [7, 11) is -3.18. The molecule has 1 amide bonds. The van der Waals surface area contributed by atoms with Crippen LogP contribution < -0.4 is 15.4 Å². The second-order valence-corrected chi connectivity index (χ2v) is 11.2. The van der Waals surface area contributed by atoms with Crippen LogP contribution in [0, 0.1) is 5.41 Å². The Morgan fingerprint density at radius 3 is 2.44 bits per heavy atom. The van der Waals surface area contributed by atoms with Gasteiger partial charge in [0.1, 0.15) is 17.2 Å². The molecule has 0 saturated carbocycles. The molecule has 2 aromatic rings. The number of hydrogen-bond acceptors (Lipinski definition) is 8. The standard InChI is InChI=1S/C22H26F2N4O5S/c1-20(2,30)17(25)16-8-13(19(29)28-21(3)11-34(31,32)12-21)10-26-18(16)27-14-6-5-7-15(9-14)33-22(4,23)24/h5-10,25,30H,11-12H2,1-4H3,(H,26,27)(H,28,29). The number of aliphatic hydroxyl groups is 1. The van der Waals surface area contributed by atoms with Crippen LogP contribution in [0.3, 0.4) is 0 Å². The lowest BCUT2D eigenvalue weighted by atomic mass is 9.95. The highest BCUT2D eigenvalue weighted by molar-refractivity contribution is 7.93. The maximum Gasteiger partial charge on any atom is 0.394 e. The first-order valence-corrected chi connectivity index (χ1v) is 12.1. The normalized spacial score (nSPS) is 16.8. The van der Waals surface area contributed by atoms with E-state index >= 15 is 0 Å². The van der Waals surface area contributed by atoms with Crippen LogP contribution in [0.25, 0.3) is 0 Å². The number of pyridine rings is 1. The van der Waals surface area contributed by atoms with Gasteiger partial charge in [0.2, 0.25) is 0 Å². The molecule has 12 heteroatoms. The number of nitrogens with one attached hydrogen (secondary N) is 3. The number of nitrogens with zero attached hydrogens (tertiary/aromatic N) is 1. The molecule has 1 aromatic heterocycles. The summed E-state index contributed by atoms with van der Waals surface area (Å²) >= 11 is 0. The fourth-order valence-corrected chi connectivity index (χ4v) is 5.54. The van der Waals surface area contributed by atoms with Crippen molar-refractivity contribution in [1.82, 2.24) is 10.3 Å². The number of amides is 1. The molecule has 184 valence electrons. The molecule has 34 heavy (non-hydrogen) atoms. The monoisotopic (exact) mass is 496 g/mol. The van der Waals surface area contributed by atoms with Crippen molar-refractivity contribution >= 4 is 33.0 Å². The Hall–Kier alpha value is -3.12. The number of sulfone groups is 1. The van der Waals surface area contributed by atoms with Gasteiger partial charge in [-0.25, -0.2) is 13.4 Å². The van der Waals surface area contributed by atoms with Crippen molar-refractivity contribution in [1.29, 1.82) is 5.41 Å². The lowest BCUT2D eigenvalue weighted by Crippen LogP contribution is -2.63. The number of ether oxygens (including phenoxy) is 1. The molecule has 1 aromatic carbocycles. The summed E-state index contributed by atoms with van der Waals surface area (Å²) in [5, 5.41) is 24.3. The zero-order valence-electron chi connectivity index (χ0n) is 19.1. The number of aromatic nitrogens is 1. The maximum atomic E-state index is 13.2. The van der Waals surface area contributed by atoms with E-state index in [2.05, 4.69) is 20.4 Å². The topological polar surface area (TPSA) is 141 Å². The number of carbonyl (C=O) groups is 1. The van der Waals surface area contributed by atoms with Gasteiger partial charge >= 0.3 is 6.11 Å². The molecule has 0 spiro atoms. The Bertz CT molecular complexity index is 1220. The number of rotatable bonds is 8. The SMILES string of the molecule is CC1(NC(=O)c2cnc(Nc3cccc(OC(C)(F)F)c3)c(C(=N)C(C)(C)O)c2)CS(=O)(=O)C1. The molecule has 0 bridgehead atoms. The van der Waals surface area contributed by atoms with Crippen molar-refractivity contribution in [2.45, 2.75) is 44.9 Å². The minimum absolute atomic E-state index is 0.0581. The van der Waals surface area contributed by atoms with Gasteiger partial charge in [-0.05, 0) is 39.0 Å². The first-order chi connectivity index (χ1) is 15.5. The molecular formula is C22H26F2N4O5S. The molecule has 1 fully saturated rings. The summed E-state index contributed by atoms with van der Waals surface area (Å²) < 4.78 is 54.0. The van der Waals surface area contributed by atoms with Crippen LogP contribution in [0.2, 0.25) is 0 Å². The second-order valence-electron chi connectivity index (χ2n) is 9.16. The van der Waals surface area contributed by atoms with Crippen molar-refractivity contribution in [3.05, 3.63) is 47.7 Å². The fraction of sp³-hybridized carbons (Fsp3) is 0.409. The van der Waals surface area contributed by atoms with Gasteiger partial charge in [0, 0.05) is 30.4 Å². The second kappa shape index (κ2) is 8.58. The molecule has 1 aliphatic rings. The number of carbonyl (C=O) groups excluding carboxylic acids is 1. The number of alkyl halides is 2. The fourth-order valence-electron chi connectivity index (χ4n) is 3.54. The molecule has 2 heterocycles. The lowest BCUT2D eigenvalue weighted by Gasteiger charge is -2.38. The van der Waals surface area contributed by atoms with E-state index in [-0.39, 0.29) is 39.9 Å². The minimum atomic E-state index is -3.38. The van der Waals surface area contributed by atoms with Crippen molar-refractivity contribution in [2.24, 2.45) is 0 Å². The molecule has 0 aliphatic carbocycles. The zero-order chi connectivity index (χ0) is 25.5. The molecule has 0 radical (unpaired) electrons. The first kappa shape index (κ1) is 25.5. The van der Waals surface area contributed by atoms with E-state index in [0.717, 1.165) is 0 Å². The Balaban J connectivity index is 1.91. The zero-order valence-corrected chi connectivity index (χ0v) is 19.9. The smallest absolute Gasteiger partial charge is 0.394 e. The largest absolute Gasteiger partial charge is 0.433 e. The quantitative estimate of drug-likeness (QED) is 0.412. The maximum absolute atomic E-state index is 13.2. The third-order valence-electron chi connectivity index (χ3n) is 4.92. The van der Waals surface area contributed by atoms with E-state index < -0.39 is 33.0 Å². The van der Waals surface area contributed by atoms with Crippen LogP contribution >= 0.6 is 0 Å². The third kappa shape index (κ3) is 6.26. The van der Waals surface area contributed by atoms with Crippen molar-refractivity contribution in [2.75, 3.05) is 16.8 Å². The van der Waals surface area contributed by atoms with Crippen LogP contribution in [-0.2, 0) is 9.84 Å². The van der Waals surface area contributed by atoms with E-state index in [9.17, 15) is 27.1 Å². The summed E-state index contributed by atoms with van der Waals surface area (Å²) in [5.74, 6) is -0.944. The van der Waals surface area contributed by atoms with E-state index in [0.29, 0.717) is 12.6 Å². The van der Waals surface area contributed by atoms with Gasteiger partial charge in [-0.1, -0.05) is 6.07 Å². The van der Waals surface area contributed by atoms with Gasteiger partial charge in [-0.2, -0.15) is 8.78 Å². The molecule has 4 N–H and O–H groups in total. The lowest BCUT2D eigenvalue weighted by molar-refractivity contribution is -0.158. The summed E-state index contributed by atoms with van der Waals surface area (Å²) in [6.07, 6.45) is -2.15. The highest BCUT2D eigenvalue weighted by atomic mass is 32.2. The van der Waals surface area contributed by atoms with Crippen LogP contribution in [0.15, 0.2) is 36.5 Å². The van der Waals surface area contributed by atoms with Crippen LogP contribution in [0.5, 0.6) is 5.75 Å². The van der Waals surface area contributed by atoms with Gasteiger partial charge in [-0.15, -0.1) is 0 Å². The van der Waals surface area contributed by atoms with Crippen molar-refractivity contribution in [3.63, 3.8) is 0 Å². The molecule has 1 aliphatic heterocycles. The number of halogens is 2.